The summed E-state index contributed by atoms with van der Waals surface area (Å²) < 4.78 is 1.03. The van der Waals surface area contributed by atoms with E-state index in [0.717, 1.165) is 10.2 Å². The lowest BCUT2D eigenvalue weighted by molar-refractivity contribution is -0.111. The van der Waals surface area contributed by atoms with Gasteiger partial charge in [0, 0.05) is 0 Å². The van der Waals surface area contributed by atoms with E-state index in [2.05, 4.69) is 4.98 Å². The monoisotopic (exact) mass is 257 g/mol. The Labute approximate surface area is 108 Å². The second-order valence-electron chi connectivity index (χ2n) is 4.34. The molecular formula is C14H11NO2S. The molecule has 1 aliphatic carbocycles. The van der Waals surface area contributed by atoms with Gasteiger partial charge in [-0.25, -0.2) is 4.98 Å². The minimum atomic E-state index is -1.26. The number of aliphatic hydroxyl groups is 1. The SMILES string of the molecule is CC1=CC(O)(c2nc3ccccc3s2)C=CC1=O. The van der Waals surface area contributed by atoms with Crippen molar-refractivity contribution in [3.63, 3.8) is 0 Å². The van der Waals surface area contributed by atoms with E-state index in [9.17, 15) is 9.90 Å². The Morgan fingerprint density at radius 1 is 1.33 bits per heavy atom. The molecule has 0 radical (unpaired) electrons. The molecule has 0 saturated carbocycles. The van der Waals surface area contributed by atoms with E-state index in [0.29, 0.717) is 10.6 Å². The number of thiazole rings is 1. The third-order valence-corrected chi connectivity index (χ3v) is 4.13. The summed E-state index contributed by atoms with van der Waals surface area (Å²) in [6.45, 7) is 1.70. The first-order valence-corrected chi connectivity index (χ1v) is 6.42. The fraction of sp³-hybridized carbons (Fsp3) is 0.143. The predicted molar refractivity (Wildman–Crippen MR) is 71.4 cm³/mol. The first kappa shape index (κ1) is 11.3. The van der Waals surface area contributed by atoms with Gasteiger partial charge in [-0.05, 0) is 42.9 Å². The fourth-order valence-electron chi connectivity index (χ4n) is 1.96. The molecule has 1 unspecified atom stereocenters. The Bertz CT molecular complexity index is 666. The first-order valence-electron chi connectivity index (χ1n) is 5.60. The van der Waals surface area contributed by atoms with E-state index >= 15 is 0 Å². The van der Waals surface area contributed by atoms with Crippen LogP contribution < -0.4 is 0 Å². The number of nitrogens with zero attached hydrogens (tertiary/aromatic N) is 1. The summed E-state index contributed by atoms with van der Waals surface area (Å²) in [5.41, 5.74) is 0.142. The van der Waals surface area contributed by atoms with E-state index in [1.54, 1.807) is 13.0 Å². The number of allylic oxidation sites excluding steroid dienone is 2. The number of hydrogen-bond acceptors (Lipinski definition) is 4. The Balaban J connectivity index is 2.14. The maximum absolute atomic E-state index is 11.4. The molecule has 2 aromatic rings. The number of ketones is 1. The summed E-state index contributed by atoms with van der Waals surface area (Å²) in [4.78, 5) is 15.8. The minimum absolute atomic E-state index is 0.0687. The molecule has 0 amide bonds. The average molecular weight is 257 g/mol. The summed E-state index contributed by atoms with van der Waals surface area (Å²) in [5, 5.41) is 11.2. The summed E-state index contributed by atoms with van der Waals surface area (Å²) in [6.07, 6.45) is 4.47. The molecule has 3 nitrogen and oxygen atoms in total. The zero-order chi connectivity index (χ0) is 12.8. The molecule has 1 N–H and O–H groups in total. The van der Waals surface area contributed by atoms with Gasteiger partial charge >= 0.3 is 0 Å². The molecule has 1 heterocycles. The van der Waals surface area contributed by atoms with Crippen LogP contribution >= 0.6 is 11.3 Å². The lowest BCUT2D eigenvalue weighted by Crippen LogP contribution is -2.24. The van der Waals surface area contributed by atoms with Crippen LogP contribution in [0.1, 0.15) is 11.9 Å². The number of benzene rings is 1. The van der Waals surface area contributed by atoms with Crippen molar-refractivity contribution < 1.29 is 9.90 Å². The van der Waals surface area contributed by atoms with Gasteiger partial charge < -0.3 is 5.11 Å². The average Bonchev–Trinajstić information content (AvgIpc) is 2.79. The molecule has 0 spiro atoms. The van der Waals surface area contributed by atoms with Crippen molar-refractivity contribution in [1.82, 2.24) is 4.98 Å². The highest BCUT2D eigenvalue weighted by Gasteiger charge is 2.31. The van der Waals surface area contributed by atoms with Gasteiger partial charge in [-0.3, -0.25) is 4.79 Å². The molecule has 0 fully saturated rings. The van der Waals surface area contributed by atoms with Crippen molar-refractivity contribution in [3.8, 4) is 0 Å². The van der Waals surface area contributed by atoms with Gasteiger partial charge in [0.15, 0.2) is 11.4 Å². The number of hydrogen-bond donors (Lipinski definition) is 1. The summed E-state index contributed by atoms with van der Waals surface area (Å²) in [6, 6.07) is 7.73. The van der Waals surface area contributed by atoms with Gasteiger partial charge in [0.25, 0.3) is 0 Å². The number of aromatic nitrogens is 1. The maximum atomic E-state index is 11.4. The molecule has 0 saturated heterocycles. The molecule has 1 aliphatic rings. The number of rotatable bonds is 1. The van der Waals surface area contributed by atoms with Crippen LogP contribution in [0.3, 0.4) is 0 Å². The van der Waals surface area contributed by atoms with Crippen molar-refractivity contribution in [1.29, 1.82) is 0 Å². The second kappa shape index (κ2) is 3.86. The van der Waals surface area contributed by atoms with Crippen LogP contribution in [0, 0.1) is 0 Å². The van der Waals surface area contributed by atoms with Crippen LogP contribution in [0.5, 0.6) is 0 Å². The van der Waals surface area contributed by atoms with Crippen LogP contribution in [-0.2, 0) is 10.4 Å². The minimum Gasteiger partial charge on any atom is -0.375 e. The van der Waals surface area contributed by atoms with E-state index in [1.165, 1.54) is 23.5 Å². The lowest BCUT2D eigenvalue weighted by Gasteiger charge is -2.21. The highest BCUT2D eigenvalue weighted by Crippen LogP contribution is 2.34. The normalized spacial score (nSPS) is 23.4. The molecule has 18 heavy (non-hydrogen) atoms. The van der Waals surface area contributed by atoms with Crippen LogP contribution in [0.15, 0.2) is 48.1 Å². The highest BCUT2D eigenvalue weighted by molar-refractivity contribution is 7.18. The molecule has 1 atom stereocenters. The zero-order valence-electron chi connectivity index (χ0n) is 9.75. The quantitative estimate of drug-likeness (QED) is 0.854. The molecular weight excluding hydrogens is 246 g/mol. The van der Waals surface area contributed by atoms with Crippen LogP contribution in [0.25, 0.3) is 10.2 Å². The van der Waals surface area contributed by atoms with Gasteiger partial charge in [-0.2, -0.15) is 0 Å². The van der Waals surface area contributed by atoms with Gasteiger partial charge in [0.05, 0.1) is 10.2 Å². The van der Waals surface area contributed by atoms with Crippen LogP contribution in [0.2, 0.25) is 0 Å². The van der Waals surface area contributed by atoms with Crippen molar-refractivity contribution >= 4 is 27.3 Å². The summed E-state index contributed by atoms with van der Waals surface area (Å²) in [7, 11) is 0. The molecule has 90 valence electrons. The number of carbonyl (C=O) groups excluding carboxylic acids is 1. The largest absolute Gasteiger partial charge is 0.375 e. The fourth-order valence-corrected chi connectivity index (χ4v) is 2.97. The Morgan fingerprint density at radius 3 is 2.83 bits per heavy atom. The topological polar surface area (TPSA) is 50.2 Å². The van der Waals surface area contributed by atoms with Crippen molar-refractivity contribution in [2.24, 2.45) is 0 Å². The summed E-state index contributed by atoms with van der Waals surface area (Å²) in [5.74, 6) is -0.0687. The molecule has 0 bridgehead atoms. The van der Waals surface area contributed by atoms with E-state index < -0.39 is 5.60 Å². The maximum Gasteiger partial charge on any atom is 0.181 e. The van der Waals surface area contributed by atoms with Gasteiger partial charge in [-0.15, -0.1) is 11.3 Å². The number of para-hydroxylation sites is 1. The molecule has 0 aliphatic heterocycles. The van der Waals surface area contributed by atoms with Gasteiger partial charge in [0.2, 0.25) is 0 Å². The number of fused-ring (bicyclic) bond motifs is 1. The molecule has 4 heteroatoms. The van der Waals surface area contributed by atoms with Crippen molar-refractivity contribution in [2.75, 3.05) is 0 Å². The Morgan fingerprint density at radius 2 is 2.11 bits per heavy atom. The Kier molecular flexibility index (Phi) is 2.43. The van der Waals surface area contributed by atoms with Crippen LogP contribution in [0.4, 0.5) is 0 Å². The van der Waals surface area contributed by atoms with Crippen LogP contribution in [-0.4, -0.2) is 15.9 Å². The standard InChI is InChI=1S/C14H11NO2S/c1-9-8-14(17,7-6-11(9)16)13-15-10-4-2-3-5-12(10)18-13/h2-8,17H,1H3. The zero-order valence-corrected chi connectivity index (χ0v) is 10.6. The van der Waals surface area contributed by atoms with Gasteiger partial charge in [-0.1, -0.05) is 12.1 Å². The molecule has 3 rings (SSSR count). The third kappa shape index (κ3) is 1.70. The number of carbonyl (C=O) groups is 1. The lowest BCUT2D eigenvalue weighted by atomic mass is 9.93. The first-order chi connectivity index (χ1) is 8.58. The van der Waals surface area contributed by atoms with E-state index in [-0.39, 0.29) is 5.78 Å². The van der Waals surface area contributed by atoms with Crippen molar-refractivity contribution in [3.05, 3.63) is 53.1 Å². The molecule has 1 aromatic carbocycles. The summed E-state index contributed by atoms with van der Waals surface area (Å²) >= 11 is 1.44. The van der Waals surface area contributed by atoms with Gasteiger partial charge in [0.1, 0.15) is 5.01 Å². The molecule has 1 aromatic heterocycles. The smallest absolute Gasteiger partial charge is 0.181 e. The second-order valence-corrected chi connectivity index (χ2v) is 5.37. The third-order valence-electron chi connectivity index (χ3n) is 2.95. The highest BCUT2D eigenvalue weighted by atomic mass is 32.1. The predicted octanol–water partition coefficient (Wildman–Crippen LogP) is 2.57. The van der Waals surface area contributed by atoms with Crippen molar-refractivity contribution in [2.45, 2.75) is 12.5 Å². The van der Waals surface area contributed by atoms with E-state index in [4.69, 9.17) is 0 Å². The Hall–Kier alpha value is -1.78. The van der Waals surface area contributed by atoms with E-state index in [1.807, 2.05) is 24.3 Å².